The molecule has 0 amide bonds. The van der Waals surface area contributed by atoms with Crippen molar-refractivity contribution >= 4 is 68.4 Å². The van der Waals surface area contributed by atoms with Crippen LogP contribution in [0.4, 0.5) is 0 Å². The van der Waals surface area contributed by atoms with E-state index in [1.807, 2.05) is 71.9 Å². The Hall–Kier alpha value is -4.73. The minimum atomic E-state index is -0.889. The Morgan fingerprint density at radius 2 is 1.04 bits per heavy atom. The molecule has 3 aromatic rings. The Kier molecular flexibility index (Phi) is 11.9. The smallest absolute Gasteiger partial charge is 0.303 e. The van der Waals surface area contributed by atoms with Crippen LogP contribution in [0, 0.1) is 13.8 Å². The third-order valence-corrected chi connectivity index (χ3v) is 8.22. The largest absolute Gasteiger partial charge is 0.481 e. The summed E-state index contributed by atoms with van der Waals surface area (Å²) in [6, 6.07) is 7.88. The molecule has 0 spiro atoms. The third kappa shape index (κ3) is 7.98. The number of hydrogen-bond donors (Lipinski definition) is 4. The van der Waals surface area contributed by atoms with Crippen LogP contribution in [-0.4, -0.2) is 42.1 Å². The molecule has 8 nitrogen and oxygen atoms in total. The number of allylic oxidation sites excluding steroid dienone is 5. The van der Waals surface area contributed by atoms with Crippen molar-refractivity contribution in [1.82, 2.24) is 19.9 Å². The van der Waals surface area contributed by atoms with Crippen molar-refractivity contribution < 1.29 is 36.6 Å². The van der Waals surface area contributed by atoms with E-state index in [2.05, 4.69) is 35.8 Å². The fourth-order valence-corrected chi connectivity index (χ4v) is 5.77. The summed E-state index contributed by atoms with van der Waals surface area (Å²) in [5.41, 5.74) is 14.9. The van der Waals surface area contributed by atoms with Gasteiger partial charge in [-0.25, -0.2) is 9.97 Å². The third-order valence-electron chi connectivity index (χ3n) is 8.22. The van der Waals surface area contributed by atoms with E-state index in [4.69, 9.17) is 9.97 Å². The number of carbonyl (C=O) groups is 2. The van der Waals surface area contributed by atoms with Crippen LogP contribution in [0.15, 0.2) is 49.6 Å². The van der Waals surface area contributed by atoms with Crippen molar-refractivity contribution in [1.29, 1.82) is 0 Å². The Morgan fingerprint density at radius 3 is 1.43 bits per heavy atom. The average Bonchev–Trinajstić information content (AvgIpc) is 3.63. The monoisotopic (exact) mass is 677 g/mol. The van der Waals surface area contributed by atoms with Gasteiger partial charge in [0.15, 0.2) is 0 Å². The summed E-state index contributed by atoms with van der Waals surface area (Å²) >= 11 is 0. The summed E-state index contributed by atoms with van der Waals surface area (Å²) < 4.78 is 0. The molecule has 0 aromatic carbocycles. The van der Waals surface area contributed by atoms with Gasteiger partial charge in [-0.05, 0) is 112 Å². The van der Waals surface area contributed by atoms with Crippen LogP contribution in [0.25, 0.3) is 56.5 Å². The van der Waals surface area contributed by atoms with Gasteiger partial charge in [0.2, 0.25) is 0 Å². The zero-order valence-electron chi connectivity index (χ0n) is 27.9. The molecule has 2 aliphatic rings. The van der Waals surface area contributed by atoms with Crippen molar-refractivity contribution in [2.45, 2.75) is 67.2 Å². The number of rotatable bonds is 8. The van der Waals surface area contributed by atoms with Gasteiger partial charge in [-0.3, -0.25) is 9.59 Å². The molecule has 8 bridgehead atoms. The minimum absolute atomic E-state index is 0. The summed E-state index contributed by atoms with van der Waals surface area (Å²) in [5, 5.41) is 18.9. The second-order valence-electron chi connectivity index (χ2n) is 11.9. The maximum Gasteiger partial charge on any atom is 0.303 e. The Bertz CT molecular complexity index is 2020. The number of fused-ring (bicyclic) bond motifs is 8. The fourth-order valence-electron chi connectivity index (χ4n) is 5.77. The van der Waals surface area contributed by atoms with Gasteiger partial charge in [-0.1, -0.05) is 30.9 Å². The molecule has 3 aromatic heterocycles. The number of aromatic amines is 2. The van der Waals surface area contributed by atoms with Crippen LogP contribution < -0.4 is 0 Å². The summed E-state index contributed by atoms with van der Waals surface area (Å²) in [6.45, 7) is 23.6. The van der Waals surface area contributed by atoms with Gasteiger partial charge in [-0.15, -0.1) is 6.58 Å². The van der Waals surface area contributed by atoms with E-state index in [1.165, 1.54) is 5.57 Å². The van der Waals surface area contributed by atoms with Crippen molar-refractivity contribution in [3.05, 3.63) is 94.6 Å². The first-order valence-electron chi connectivity index (χ1n) is 15.2. The molecule has 0 fully saturated rings. The molecular weight excluding hydrogens is 635 g/mol. The Balaban J connectivity index is 0.00000114. The zero-order valence-corrected chi connectivity index (χ0v) is 28.9. The molecule has 0 saturated carbocycles. The summed E-state index contributed by atoms with van der Waals surface area (Å²) in [6.07, 6.45) is 4.20. The van der Waals surface area contributed by atoms with Crippen LogP contribution in [0.5, 0.6) is 0 Å². The summed E-state index contributed by atoms with van der Waals surface area (Å²) in [5.74, 6) is -1.78. The number of carboxylic acid groups (broad SMARTS) is 2. The van der Waals surface area contributed by atoms with E-state index in [0.717, 1.165) is 78.0 Å². The number of aromatic nitrogens is 4. The molecule has 4 N–H and O–H groups in total. The van der Waals surface area contributed by atoms with Crippen LogP contribution in [0.3, 0.4) is 0 Å². The predicted octanol–water partition coefficient (Wildman–Crippen LogP) is 9.39. The number of nitrogens with zero attached hydrogens (tertiary/aromatic N) is 2. The van der Waals surface area contributed by atoms with Crippen molar-refractivity contribution in [3.8, 4) is 0 Å². The van der Waals surface area contributed by atoms with Crippen LogP contribution in [0.1, 0.15) is 98.4 Å². The van der Waals surface area contributed by atoms with Gasteiger partial charge in [0.05, 0.1) is 22.8 Å². The maximum absolute atomic E-state index is 11.5. The fraction of sp³-hybridized carbons (Fsp3) is 0.263. The van der Waals surface area contributed by atoms with Gasteiger partial charge in [0.1, 0.15) is 0 Å². The molecule has 5 rings (SSSR count). The molecule has 5 heterocycles. The average molecular weight is 678 g/mol. The second-order valence-corrected chi connectivity index (χ2v) is 11.9. The molecule has 247 valence electrons. The maximum atomic E-state index is 11.5. The number of nitrogens with one attached hydrogen (secondary N) is 2. The number of H-pyrrole nitrogens is 2. The molecule has 47 heavy (non-hydrogen) atoms. The first-order chi connectivity index (χ1) is 21.7. The van der Waals surface area contributed by atoms with Gasteiger partial charge in [0, 0.05) is 62.8 Å². The van der Waals surface area contributed by atoms with Crippen molar-refractivity contribution in [3.63, 3.8) is 0 Å². The van der Waals surface area contributed by atoms with E-state index in [-0.39, 0.29) is 29.6 Å². The Morgan fingerprint density at radius 1 is 0.681 bits per heavy atom. The Labute approximate surface area is 286 Å². The molecule has 1 radical (unpaired) electrons. The molecule has 2 aliphatic heterocycles. The molecular formula is C38H42CoN4O4. The molecule has 0 aliphatic carbocycles. The minimum Gasteiger partial charge on any atom is -0.481 e. The van der Waals surface area contributed by atoms with Gasteiger partial charge < -0.3 is 20.2 Å². The van der Waals surface area contributed by atoms with Crippen molar-refractivity contribution in [2.75, 3.05) is 0 Å². The number of hydrogen-bond acceptors (Lipinski definition) is 4. The van der Waals surface area contributed by atoms with E-state index >= 15 is 0 Å². The quantitative estimate of drug-likeness (QED) is 0.176. The van der Waals surface area contributed by atoms with Crippen molar-refractivity contribution in [2.24, 2.45) is 0 Å². The normalized spacial score (nSPS) is 12.2. The zero-order chi connectivity index (χ0) is 33.9. The first-order valence-corrected chi connectivity index (χ1v) is 15.2. The van der Waals surface area contributed by atoms with Gasteiger partial charge >= 0.3 is 11.9 Å². The predicted molar refractivity (Wildman–Crippen MR) is 190 cm³/mol. The number of carboxylic acids is 2. The van der Waals surface area contributed by atoms with E-state index < -0.39 is 11.9 Å². The first kappa shape index (κ1) is 36.7. The van der Waals surface area contributed by atoms with Gasteiger partial charge in [-0.2, -0.15) is 0 Å². The molecule has 0 atom stereocenters. The summed E-state index contributed by atoms with van der Waals surface area (Å²) in [7, 11) is 0. The summed E-state index contributed by atoms with van der Waals surface area (Å²) in [4.78, 5) is 40.0. The molecule has 9 heteroatoms. The topological polar surface area (TPSA) is 132 Å². The van der Waals surface area contributed by atoms with E-state index in [0.29, 0.717) is 24.2 Å². The number of aliphatic carboxylic acids is 2. The molecule has 0 saturated heterocycles. The van der Waals surface area contributed by atoms with E-state index in [9.17, 15) is 19.8 Å². The molecule has 0 unspecified atom stereocenters. The van der Waals surface area contributed by atoms with Crippen LogP contribution in [0.2, 0.25) is 0 Å². The standard InChI is InChI=1S/C34H34N4O4.C4H8.Co/c1-7-21-17(3)25-13-26-19(5)23(9-11-33(39)40)31(37-26)16-32-24(10-12-34(41)42)20(6)28(38-32)15-30-22(8-2)18(4)27(36-30)14-29(21)35-25;1-4(2)3;/h7-8,13-16,35-36H,1-2,9-12H2,3-6H3,(H,39,40)(H,41,42);1H2,2-3H3;. The van der Waals surface area contributed by atoms with Crippen LogP contribution >= 0.6 is 0 Å². The number of aryl methyl sites for hydroxylation is 2. The second kappa shape index (κ2) is 15.2. The van der Waals surface area contributed by atoms with E-state index in [1.54, 1.807) is 0 Å². The van der Waals surface area contributed by atoms with Gasteiger partial charge in [0.25, 0.3) is 0 Å². The SMILES string of the molecule is C=C(C)C.C=Cc1c(C)c2cc3[nH]c(cc4nc(cc5nc(cc1[nH]2)C(C)=C5CCC(=O)O)C(CCC(=O)O)=C4C)c(C)c3C=C.[Co]. The van der Waals surface area contributed by atoms with Crippen LogP contribution in [-0.2, 0) is 26.4 Å².